The van der Waals surface area contributed by atoms with E-state index in [0.717, 1.165) is 17.7 Å². The quantitative estimate of drug-likeness (QED) is 0.846. The van der Waals surface area contributed by atoms with Gasteiger partial charge in [-0.3, -0.25) is 4.79 Å². The summed E-state index contributed by atoms with van der Waals surface area (Å²) < 4.78 is 0. The second kappa shape index (κ2) is 7.72. The molecule has 2 nitrogen and oxygen atoms in total. The van der Waals surface area contributed by atoms with Crippen molar-refractivity contribution in [3.63, 3.8) is 0 Å². The molecular formula is C17H25NOS. The van der Waals surface area contributed by atoms with E-state index in [9.17, 15) is 4.79 Å². The summed E-state index contributed by atoms with van der Waals surface area (Å²) >= 11 is 1.89. The molecule has 0 aromatic heterocycles. The molecule has 1 aliphatic rings. The van der Waals surface area contributed by atoms with Crippen LogP contribution in [0.5, 0.6) is 0 Å². The Bertz CT molecular complexity index is 440. The highest BCUT2D eigenvalue weighted by molar-refractivity contribution is 8.01. The van der Waals surface area contributed by atoms with E-state index in [2.05, 4.69) is 12.2 Å². The molecule has 20 heavy (non-hydrogen) atoms. The average molecular weight is 291 g/mol. The summed E-state index contributed by atoms with van der Waals surface area (Å²) in [4.78, 5) is 12.4. The zero-order valence-electron chi connectivity index (χ0n) is 12.5. The summed E-state index contributed by atoms with van der Waals surface area (Å²) in [5, 5.41) is 3.85. The molecule has 0 spiro atoms. The number of amides is 1. The second-order valence-electron chi connectivity index (χ2n) is 5.60. The molecule has 0 heterocycles. The van der Waals surface area contributed by atoms with Crippen molar-refractivity contribution in [2.75, 3.05) is 5.32 Å². The summed E-state index contributed by atoms with van der Waals surface area (Å²) in [6, 6.07) is 7.98. The SMILES string of the molecule is CCC(SC1CCCCC1)C(=O)Nc1ccccc1C. The number of hydrogen-bond acceptors (Lipinski definition) is 2. The molecule has 1 atom stereocenters. The molecule has 1 aromatic carbocycles. The highest BCUT2D eigenvalue weighted by atomic mass is 32.2. The number of nitrogens with one attached hydrogen (secondary N) is 1. The van der Waals surface area contributed by atoms with Gasteiger partial charge in [-0.25, -0.2) is 0 Å². The third-order valence-electron chi connectivity index (χ3n) is 3.98. The summed E-state index contributed by atoms with van der Waals surface area (Å²) in [6.45, 7) is 4.14. The van der Waals surface area contributed by atoms with Gasteiger partial charge in [0, 0.05) is 10.9 Å². The molecule has 0 saturated heterocycles. The third-order valence-corrected chi connectivity index (χ3v) is 5.71. The lowest BCUT2D eigenvalue weighted by Gasteiger charge is -2.25. The Hall–Kier alpha value is -0.960. The van der Waals surface area contributed by atoms with Gasteiger partial charge in [-0.2, -0.15) is 0 Å². The van der Waals surface area contributed by atoms with Crippen molar-refractivity contribution >= 4 is 23.4 Å². The van der Waals surface area contributed by atoms with Gasteiger partial charge >= 0.3 is 0 Å². The minimum absolute atomic E-state index is 0.0812. The molecule has 110 valence electrons. The molecule has 0 radical (unpaired) electrons. The van der Waals surface area contributed by atoms with E-state index in [-0.39, 0.29) is 11.2 Å². The van der Waals surface area contributed by atoms with Crippen molar-refractivity contribution in [3.8, 4) is 0 Å². The van der Waals surface area contributed by atoms with E-state index in [0.29, 0.717) is 5.25 Å². The molecule has 1 fully saturated rings. The topological polar surface area (TPSA) is 29.1 Å². The number of aryl methyl sites for hydroxylation is 1. The number of carbonyl (C=O) groups excluding carboxylic acids is 1. The van der Waals surface area contributed by atoms with Gasteiger partial charge in [0.25, 0.3) is 0 Å². The van der Waals surface area contributed by atoms with Gasteiger partial charge in [0.2, 0.25) is 5.91 Å². The van der Waals surface area contributed by atoms with Gasteiger partial charge in [0.05, 0.1) is 5.25 Å². The lowest BCUT2D eigenvalue weighted by Crippen LogP contribution is -2.27. The number of rotatable bonds is 5. The normalized spacial score (nSPS) is 17.7. The Balaban J connectivity index is 1.93. The van der Waals surface area contributed by atoms with Crippen LogP contribution in [0, 0.1) is 6.92 Å². The predicted molar refractivity (Wildman–Crippen MR) is 88.4 cm³/mol. The van der Waals surface area contributed by atoms with Crippen molar-refractivity contribution in [2.24, 2.45) is 0 Å². The van der Waals surface area contributed by atoms with E-state index in [1.165, 1.54) is 32.1 Å². The van der Waals surface area contributed by atoms with Crippen LogP contribution < -0.4 is 5.32 Å². The first-order valence-corrected chi connectivity index (χ1v) is 8.67. The number of thioether (sulfide) groups is 1. The highest BCUT2D eigenvalue weighted by Crippen LogP contribution is 2.32. The van der Waals surface area contributed by atoms with Gasteiger partial charge in [0.15, 0.2) is 0 Å². The van der Waals surface area contributed by atoms with Crippen LogP contribution in [-0.2, 0) is 4.79 Å². The lowest BCUT2D eigenvalue weighted by molar-refractivity contribution is -0.115. The van der Waals surface area contributed by atoms with Crippen molar-refractivity contribution < 1.29 is 4.79 Å². The maximum Gasteiger partial charge on any atom is 0.237 e. The van der Waals surface area contributed by atoms with Crippen molar-refractivity contribution in [3.05, 3.63) is 29.8 Å². The fourth-order valence-corrected chi connectivity index (χ4v) is 4.15. The van der Waals surface area contributed by atoms with Crippen LogP contribution in [0.2, 0.25) is 0 Å². The maximum absolute atomic E-state index is 12.4. The van der Waals surface area contributed by atoms with Gasteiger partial charge in [-0.1, -0.05) is 44.4 Å². The first-order chi connectivity index (χ1) is 9.70. The maximum atomic E-state index is 12.4. The number of para-hydroxylation sites is 1. The van der Waals surface area contributed by atoms with Crippen LogP contribution in [0.1, 0.15) is 51.0 Å². The molecule has 1 N–H and O–H groups in total. The van der Waals surface area contributed by atoms with E-state index >= 15 is 0 Å². The highest BCUT2D eigenvalue weighted by Gasteiger charge is 2.23. The fourth-order valence-electron chi connectivity index (χ4n) is 2.70. The molecule has 2 rings (SSSR count). The number of benzene rings is 1. The minimum atomic E-state index is 0.0812. The van der Waals surface area contributed by atoms with E-state index in [4.69, 9.17) is 0 Å². The Morgan fingerprint density at radius 3 is 2.65 bits per heavy atom. The predicted octanol–water partition coefficient (Wildman–Crippen LogP) is 4.78. The first-order valence-electron chi connectivity index (χ1n) is 7.72. The van der Waals surface area contributed by atoms with Gasteiger partial charge in [-0.05, 0) is 37.8 Å². The zero-order valence-corrected chi connectivity index (χ0v) is 13.3. The van der Waals surface area contributed by atoms with Crippen molar-refractivity contribution in [1.29, 1.82) is 0 Å². The molecule has 1 aliphatic carbocycles. The number of anilines is 1. The van der Waals surface area contributed by atoms with Crippen LogP contribution in [0.25, 0.3) is 0 Å². The summed E-state index contributed by atoms with van der Waals surface area (Å²) in [7, 11) is 0. The van der Waals surface area contributed by atoms with E-state index in [1.54, 1.807) is 0 Å². The molecule has 0 aliphatic heterocycles. The molecular weight excluding hydrogens is 266 g/mol. The molecule has 0 bridgehead atoms. The smallest absolute Gasteiger partial charge is 0.237 e. The first kappa shape index (κ1) is 15.4. The molecule has 1 unspecified atom stereocenters. The van der Waals surface area contributed by atoms with Crippen molar-refractivity contribution in [1.82, 2.24) is 0 Å². The summed E-state index contributed by atoms with van der Waals surface area (Å²) in [6.07, 6.45) is 7.47. The average Bonchev–Trinajstić information content (AvgIpc) is 2.48. The molecule has 1 aromatic rings. The minimum Gasteiger partial charge on any atom is -0.325 e. The van der Waals surface area contributed by atoms with Crippen LogP contribution >= 0.6 is 11.8 Å². The molecule has 3 heteroatoms. The standard InChI is InChI=1S/C17H25NOS/c1-3-16(20-14-10-5-4-6-11-14)17(19)18-15-12-8-7-9-13(15)2/h7-9,12,14,16H,3-6,10-11H2,1-2H3,(H,18,19). The van der Waals surface area contributed by atoms with Gasteiger partial charge < -0.3 is 5.32 Å². The Kier molecular flexibility index (Phi) is 5.96. The summed E-state index contributed by atoms with van der Waals surface area (Å²) in [5.41, 5.74) is 2.07. The Labute approximate surface area is 126 Å². The van der Waals surface area contributed by atoms with E-state index < -0.39 is 0 Å². The van der Waals surface area contributed by atoms with Crippen LogP contribution in [0.3, 0.4) is 0 Å². The Morgan fingerprint density at radius 1 is 1.30 bits per heavy atom. The number of hydrogen-bond donors (Lipinski definition) is 1. The zero-order chi connectivity index (χ0) is 14.4. The summed E-state index contributed by atoms with van der Waals surface area (Å²) in [5.74, 6) is 0.164. The van der Waals surface area contributed by atoms with E-state index in [1.807, 2.05) is 43.0 Å². The van der Waals surface area contributed by atoms with Crippen molar-refractivity contribution in [2.45, 2.75) is 62.9 Å². The fraction of sp³-hybridized carbons (Fsp3) is 0.588. The third kappa shape index (κ3) is 4.27. The van der Waals surface area contributed by atoms with Crippen LogP contribution in [0.4, 0.5) is 5.69 Å². The van der Waals surface area contributed by atoms with Crippen LogP contribution in [0.15, 0.2) is 24.3 Å². The number of carbonyl (C=O) groups is 1. The largest absolute Gasteiger partial charge is 0.325 e. The molecule has 1 amide bonds. The Morgan fingerprint density at radius 2 is 2.00 bits per heavy atom. The van der Waals surface area contributed by atoms with Gasteiger partial charge in [-0.15, -0.1) is 11.8 Å². The molecule has 1 saturated carbocycles. The second-order valence-corrected chi connectivity index (χ2v) is 7.11. The van der Waals surface area contributed by atoms with Gasteiger partial charge in [0.1, 0.15) is 0 Å². The monoisotopic (exact) mass is 291 g/mol. The van der Waals surface area contributed by atoms with Crippen LogP contribution in [-0.4, -0.2) is 16.4 Å². The lowest BCUT2D eigenvalue weighted by atomic mass is 10.0.